The molecule has 3 aromatic rings. The number of anilines is 1. The van der Waals surface area contributed by atoms with Crippen molar-refractivity contribution >= 4 is 33.5 Å². The molecular weight excluding hydrogens is 470 g/mol. The van der Waals surface area contributed by atoms with Gasteiger partial charge in [-0.05, 0) is 53.8 Å². The van der Waals surface area contributed by atoms with Crippen molar-refractivity contribution in [1.82, 2.24) is 0 Å². The number of carboxylic acid groups (broad SMARTS) is 1. The third-order valence-electron chi connectivity index (χ3n) is 5.11. The number of benzene rings is 3. The highest BCUT2D eigenvalue weighted by Crippen LogP contribution is 2.28. The first-order chi connectivity index (χ1) is 15.3. The number of nitrogens with zero attached hydrogens (tertiary/aromatic N) is 1. The van der Waals surface area contributed by atoms with Gasteiger partial charge in [-0.3, -0.25) is 4.79 Å². The number of carbonyl (C=O) groups is 2. The van der Waals surface area contributed by atoms with Gasteiger partial charge in [-0.25, -0.2) is 0 Å². The van der Waals surface area contributed by atoms with Crippen LogP contribution in [0.15, 0.2) is 71.2 Å². The van der Waals surface area contributed by atoms with E-state index in [1.54, 1.807) is 18.2 Å². The van der Waals surface area contributed by atoms with Gasteiger partial charge in [0.15, 0.2) is 6.61 Å². The molecule has 6 heteroatoms. The molecule has 0 unspecified atom stereocenters. The Kier molecular flexibility index (Phi) is 7.70. The number of rotatable bonds is 8. The molecule has 3 aromatic carbocycles. The Morgan fingerprint density at radius 3 is 2.38 bits per heavy atom. The van der Waals surface area contributed by atoms with E-state index in [0.29, 0.717) is 5.75 Å². The summed E-state index contributed by atoms with van der Waals surface area (Å²) in [5, 5.41) is 11.7. The summed E-state index contributed by atoms with van der Waals surface area (Å²) < 4.78 is 6.85. The largest absolute Gasteiger partial charge is 0.545 e. The van der Waals surface area contributed by atoms with Crippen LogP contribution in [-0.4, -0.2) is 18.5 Å². The van der Waals surface area contributed by atoms with Gasteiger partial charge in [-0.1, -0.05) is 72.2 Å². The van der Waals surface area contributed by atoms with Crippen LogP contribution in [0.1, 0.15) is 46.8 Å². The molecule has 0 saturated heterocycles. The highest BCUT2D eigenvalue weighted by molar-refractivity contribution is 9.10. The predicted molar refractivity (Wildman–Crippen MR) is 127 cm³/mol. The van der Waals surface area contributed by atoms with Crippen molar-refractivity contribution in [2.45, 2.75) is 33.2 Å². The van der Waals surface area contributed by atoms with Crippen LogP contribution in [0.25, 0.3) is 0 Å². The number of amides is 1. The van der Waals surface area contributed by atoms with E-state index >= 15 is 0 Å². The topological polar surface area (TPSA) is 69.7 Å². The quantitative estimate of drug-likeness (QED) is 0.448. The summed E-state index contributed by atoms with van der Waals surface area (Å²) in [6.07, 6.45) is 0. The highest BCUT2D eigenvalue weighted by atomic mass is 79.9. The fraction of sp³-hybridized carbons (Fsp3) is 0.231. The average Bonchev–Trinajstić information content (AvgIpc) is 2.77. The van der Waals surface area contributed by atoms with Crippen LogP contribution in [0, 0.1) is 6.92 Å². The standard InChI is InChI=1S/C26H26BrNO4/c1-17(2)21-13-8-18(3)14-24(21)32-16-25(29)28(15-19-9-11-20(27)12-10-19)23-7-5-4-6-22(23)26(30)31/h4-14,17H,15-16H2,1-3H3,(H,30,31)/p-1. The maximum atomic E-state index is 13.3. The number of para-hydroxylation sites is 1. The van der Waals surface area contributed by atoms with E-state index in [1.807, 2.05) is 49.4 Å². The minimum absolute atomic E-state index is 0.0450. The Morgan fingerprint density at radius 2 is 1.72 bits per heavy atom. The van der Waals surface area contributed by atoms with E-state index in [2.05, 4.69) is 29.8 Å². The lowest BCUT2D eigenvalue weighted by atomic mass is 10.0. The molecule has 0 saturated carbocycles. The number of halogens is 1. The Morgan fingerprint density at radius 1 is 1.03 bits per heavy atom. The van der Waals surface area contributed by atoms with Crippen molar-refractivity contribution in [3.05, 3.63) is 93.5 Å². The second-order valence-corrected chi connectivity index (χ2v) is 8.81. The van der Waals surface area contributed by atoms with Gasteiger partial charge in [0.25, 0.3) is 5.91 Å². The second kappa shape index (κ2) is 10.5. The minimum Gasteiger partial charge on any atom is -0.545 e. The Hall–Kier alpha value is -3.12. The second-order valence-electron chi connectivity index (χ2n) is 7.90. The van der Waals surface area contributed by atoms with Crippen molar-refractivity contribution in [3.8, 4) is 5.75 Å². The number of hydrogen-bond acceptors (Lipinski definition) is 4. The van der Waals surface area contributed by atoms with Gasteiger partial charge < -0.3 is 19.5 Å². The Bertz CT molecular complexity index is 1110. The maximum Gasteiger partial charge on any atom is 0.265 e. The molecule has 0 spiro atoms. The van der Waals surface area contributed by atoms with Crippen LogP contribution < -0.4 is 14.7 Å². The third-order valence-corrected chi connectivity index (χ3v) is 5.64. The summed E-state index contributed by atoms with van der Waals surface area (Å²) in [6.45, 7) is 6.07. The van der Waals surface area contributed by atoms with Gasteiger partial charge in [0, 0.05) is 10.0 Å². The monoisotopic (exact) mass is 494 g/mol. The van der Waals surface area contributed by atoms with Crippen molar-refractivity contribution in [2.24, 2.45) is 0 Å². The first-order valence-electron chi connectivity index (χ1n) is 10.3. The van der Waals surface area contributed by atoms with E-state index in [1.165, 1.54) is 11.0 Å². The molecule has 3 rings (SSSR count). The molecule has 1 amide bonds. The molecular formula is C26H25BrNO4-. The molecule has 0 bridgehead atoms. The Balaban J connectivity index is 1.91. The van der Waals surface area contributed by atoms with Crippen LogP contribution in [0.3, 0.4) is 0 Å². The summed E-state index contributed by atoms with van der Waals surface area (Å²) >= 11 is 3.40. The van der Waals surface area contributed by atoms with Crippen molar-refractivity contribution in [1.29, 1.82) is 0 Å². The van der Waals surface area contributed by atoms with Crippen molar-refractivity contribution in [2.75, 3.05) is 11.5 Å². The molecule has 0 aromatic heterocycles. The highest BCUT2D eigenvalue weighted by Gasteiger charge is 2.21. The van der Waals surface area contributed by atoms with Crippen LogP contribution >= 0.6 is 15.9 Å². The zero-order chi connectivity index (χ0) is 23.3. The minimum atomic E-state index is -1.34. The number of carboxylic acids is 1. The smallest absolute Gasteiger partial charge is 0.265 e. The van der Waals surface area contributed by atoms with Gasteiger partial charge >= 0.3 is 0 Å². The first-order valence-corrected chi connectivity index (χ1v) is 11.1. The zero-order valence-electron chi connectivity index (χ0n) is 18.3. The molecule has 5 nitrogen and oxygen atoms in total. The molecule has 0 fully saturated rings. The lowest BCUT2D eigenvalue weighted by Crippen LogP contribution is -2.37. The molecule has 0 radical (unpaired) electrons. The van der Waals surface area contributed by atoms with E-state index in [9.17, 15) is 14.7 Å². The summed E-state index contributed by atoms with van der Waals surface area (Å²) in [5.74, 6) is -0.794. The summed E-state index contributed by atoms with van der Waals surface area (Å²) in [4.78, 5) is 26.4. The molecule has 0 aliphatic heterocycles. The van der Waals surface area contributed by atoms with Crippen molar-refractivity contribution in [3.63, 3.8) is 0 Å². The summed E-state index contributed by atoms with van der Waals surface area (Å²) in [5.41, 5.74) is 3.13. The normalized spacial score (nSPS) is 10.8. The summed E-state index contributed by atoms with van der Waals surface area (Å²) in [6, 6.07) is 19.8. The molecule has 0 aliphatic rings. The lowest BCUT2D eigenvalue weighted by molar-refractivity contribution is -0.254. The third kappa shape index (κ3) is 5.77. The van der Waals surface area contributed by atoms with Crippen LogP contribution in [0.5, 0.6) is 5.75 Å². The number of hydrogen-bond donors (Lipinski definition) is 0. The van der Waals surface area contributed by atoms with Crippen molar-refractivity contribution < 1.29 is 19.4 Å². The van der Waals surface area contributed by atoms with Crippen LogP contribution in [0.4, 0.5) is 5.69 Å². The number of aromatic carboxylic acids is 1. The first kappa shape index (κ1) is 23.5. The van der Waals surface area contributed by atoms with Gasteiger partial charge in [0.1, 0.15) is 5.75 Å². The fourth-order valence-corrected chi connectivity index (χ4v) is 3.69. The van der Waals surface area contributed by atoms with E-state index in [4.69, 9.17) is 4.74 Å². The Labute approximate surface area is 196 Å². The van der Waals surface area contributed by atoms with E-state index < -0.39 is 5.97 Å². The maximum absolute atomic E-state index is 13.3. The predicted octanol–water partition coefficient (Wildman–Crippen LogP) is 4.86. The van der Waals surface area contributed by atoms with Gasteiger partial charge in [-0.2, -0.15) is 0 Å². The van der Waals surface area contributed by atoms with Gasteiger partial charge in [-0.15, -0.1) is 0 Å². The molecule has 0 N–H and O–H groups in total. The lowest BCUT2D eigenvalue weighted by Gasteiger charge is -2.26. The number of carbonyl (C=O) groups excluding carboxylic acids is 2. The molecule has 32 heavy (non-hydrogen) atoms. The molecule has 0 aliphatic carbocycles. The molecule has 0 atom stereocenters. The number of aryl methyl sites for hydroxylation is 1. The van der Waals surface area contributed by atoms with Gasteiger partial charge in [0.05, 0.1) is 18.2 Å². The van der Waals surface area contributed by atoms with E-state index in [-0.39, 0.29) is 36.2 Å². The average molecular weight is 495 g/mol. The fourth-order valence-electron chi connectivity index (χ4n) is 3.42. The number of ether oxygens (including phenoxy) is 1. The van der Waals surface area contributed by atoms with Crippen LogP contribution in [-0.2, 0) is 11.3 Å². The molecule has 166 valence electrons. The van der Waals surface area contributed by atoms with Crippen LogP contribution in [0.2, 0.25) is 0 Å². The van der Waals surface area contributed by atoms with E-state index in [0.717, 1.165) is 21.2 Å². The SMILES string of the molecule is Cc1ccc(C(C)C)c(OCC(=O)N(Cc2ccc(Br)cc2)c2ccccc2C(=O)[O-])c1. The van der Waals surface area contributed by atoms with Gasteiger partial charge in [0.2, 0.25) is 0 Å². The zero-order valence-corrected chi connectivity index (χ0v) is 19.9. The summed E-state index contributed by atoms with van der Waals surface area (Å²) in [7, 11) is 0. The molecule has 0 heterocycles.